The van der Waals surface area contributed by atoms with Crippen molar-refractivity contribution in [2.75, 3.05) is 0 Å². The number of aromatic nitrogens is 2. The zero-order chi connectivity index (χ0) is 14.1. The number of benzene rings is 1. The molecule has 0 fully saturated rings. The maximum Gasteiger partial charge on any atom is 0.259 e. The van der Waals surface area contributed by atoms with E-state index in [1.165, 1.54) is 22.2 Å². The summed E-state index contributed by atoms with van der Waals surface area (Å²) in [4.78, 5) is 17.4. The average Bonchev–Trinajstić information content (AvgIpc) is 2.42. The summed E-state index contributed by atoms with van der Waals surface area (Å²) in [5.74, 6) is 0. The van der Waals surface area contributed by atoms with Crippen LogP contribution in [0.15, 0.2) is 63.4 Å². The first-order valence-corrected chi connectivity index (χ1v) is 7.31. The minimum absolute atomic E-state index is 0.158. The lowest BCUT2D eigenvalue weighted by molar-refractivity contribution is 0.985. The minimum Gasteiger partial charge on any atom is -0.269 e. The molecular formula is C14H8Cl2N2OS. The number of rotatable bonds is 2. The fourth-order valence-electron chi connectivity index (χ4n) is 1.73. The summed E-state index contributed by atoms with van der Waals surface area (Å²) in [6.07, 6.45) is 1.56. The van der Waals surface area contributed by atoms with Crippen molar-refractivity contribution in [3.05, 3.63) is 69.1 Å². The zero-order valence-electron chi connectivity index (χ0n) is 10.1. The van der Waals surface area contributed by atoms with Crippen molar-refractivity contribution < 1.29 is 0 Å². The average molecular weight is 323 g/mol. The molecule has 2 aromatic heterocycles. The van der Waals surface area contributed by atoms with Crippen LogP contribution in [0.4, 0.5) is 0 Å². The Labute approximate surface area is 129 Å². The Balaban J connectivity index is 2.02. The molecule has 2 heterocycles. The molecule has 0 unspecified atom stereocenters. The summed E-state index contributed by atoms with van der Waals surface area (Å²) in [5, 5.41) is 1.81. The zero-order valence-corrected chi connectivity index (χ0v) is 12.4. The predicted molar refractivity (Wildman–Crippen MR) is 82.0 cm³/mol. The Morgan fingerprint density at radius 2 is 1.70 bits per heavy atom. The minimum atomic E-state index is -0.158. The van der Waals surface area contributed by atoms with Crippen LogP contribution in [-0.2, 0) is 0 Å². The molecule has 3 aromatic rings. The van der Waals surface area contributed by atoms with E-state index >= 15 is 0 Å². The van der Waals surface area contributed by atoms with Crippen LogP contribution >= 0.6 is 35.0 Å². The highest BCUT2D eigenvalue weighted by Gasteiger charge is 2.05. The molecule has 1 aromatic carbocycles. The van der Waals surface area contributed by atoms with Crippen LogP contribution in [0.2, 0.25) is 10.0 Å². The second kappa shape index (κ2) is 5.48. The molecule has 0 saturated heterocycles. The van der Waals surface area contributed by atoms with Gasteiger partial charge in [-0.1, -0.05) is 35.0 Å². The van der Waals surface area contributed by atoms with E-state index in [2.05, 4.69) is 4.98 Å². The van der Waals surface area contributed by atoms with Gasteiger partial charge in [-0.15, -0.1) is 0 Å². The van der Waals surface area contributed by atoms with Crippen molar-refractivity contribution in [2.45, 2.75) is 9.92 Å². The molecule has 0 aliphatic rings. The summed E-state index contributed by atoms with van der Waals surface area (Å²) in [5.41, 5.74) is 0.410. The highest BCUT2D eigenvalue weighted by atomic mass is 35.5. The third kappa shape index (κ3) is 2.82. The van der Waals surface area contributed by atoms with Gasteiger partial charge in [-0.05, 0) is 36.4 Å². The molecular weight excluding hydrogens is 315 g/mol. The van der Waals surface area contributed by atoms with Gasteiger partial charge in [0.2, 0.25) is 0 Å². The molecule has 3 rings (SSSR count). The quantitative estimate of drug-likeness (QED) is 0.664. The van der Waals surface area contributed by atoms with Gasteiger partial charge in [0.05, 0.1) is 5.02 Å². The fourth-order valence-corrected chi connectivity index (χ4v) is 2.83. The number of pyridine rings is 1. The normalized spacial score (nSPS) is 10.9. The number of halogens is 2. The molecule has 0 atom stereocenters. The predicted octanol–water partition coefficient (Wildman–Crippen LogP) is 4.15. The highest BCUT2D eigenvalue weighted by Crippen LogP contribution is 2.26. The van der Waals surface area contributed by atoms with Crippen LogP contribution in [0, 0.1) is 0 Å². The first-order chi connectivity index (χ1) is 9.61. The van der Waals surface area contributed by atoms with Crippen LogP contribution in [-0.4, -0.2) is 9.38 Å². The van der Waals surface area contributed by atoms with Gasteiger partial charge in [-0.2, -0.15) is 0 Å². The van der Waals surface area contributed by atoms with Gasteiger partial charge in [0.1, 0.15) is 10.7 Å². The van der Waals surface area contributed by atoms with Crippen molar-refractivity contribution in [3.63, 3.8) is 0 Å². The van der Waals surface area contributed by atoms with Crippen molar-refractivity contribution >= 4 is 40.6 Å². The molecule has 20 heavy (non-hydrogen) atoms. The number of hydrogen-bond donors (Lipinski definition) is 0. The summed E-state index contributed by atoms with van der Waals surface area (Å²) >= 11 is 13.1. The van der Waals surface area contributed by atoms with Gasteiger partial charge in [-0.3, -0.25) is 9.20 Å². The van der Waals surface area contributed by atoms with Crippen LogP contribution in [0.25, 0.3) is 5.65 Å². The lowest BCUT2D eigenvalue weighted by atomic mass is 10.4. The smallest absolute Gasteiger partial charge is 0.259 e. The summed E-state index contributed by atoms with van der Waals surface area (Å²) in [7, 11) is 0. The molecule has 0 bridgehead atoms. The molecule has 0 radical (unpaired) electrons. The molecule has 0 aliphatic carbocycles. The Morgan fingerprint density at radius 3 is 2.45 bits per heavy atom. The Kier molecular flexibility index (Phi) is 3.70. The monoisotopic (exact) mass is 322 g/mol. The van der Waals surface area contributed by atoms with Gasteiger partial charge >= 0.3 is 0 Å². The van der Waals surface area contributed by atoms with Gasteiger partial charge in [0.15, 0.2) is 0 Å². The second-order valence-electron chi connectivity index (χ2n) is 4.06. The molecule has 0 spiro atoms. The van der Waals surface area contributed by atoms with E-state index in [0.717, 1.165) is 4.90 Å². The Hall–Kier alpha value is -1.49. The Morgan fingerprint density at radius 1 is 1.00 bits per heavy atom. The van der Waals surface area contributed by atoms with E-state index in [4.69, 9.17) is 23.2 Å². The van der Waals surface area contributed by atoms with Gasteiger partial charge in [0, 0.05) is 22.2 Å². The molecule has 3 nitrogen and oxygen atoms in total. The van der Waals surface area contributed by atoms with Crippen molar-refractivity contribution in [1.29, 1.82) is 0 Å². The molecule has 0 aliphatic heterocycles. The van der Waals surface area contributed by atoms with Crippen molar-refractivity contribution in [1.82, 2.24) is 9.38 Å². The first-order valence-electron chi connectivity index (χ1n) is 5.74. The third-order valence-corrected chi connectivity index (χ3v) is 4.04. The van der Waals surface area contributed by atoms with Crippen LogP contribution < -0.4 is 5.56 Å². The SMILES string of the molecule is O=c1cc(Sc2ccc(Cl)cc2)nc2ccc(Cl)cn12. The second-order valence-corrected chi connectivity index (χ2v) is 6.03. The summed E-state index contributed by atoms with van der Waals surface area (Å²) in [6.45, 7) is 0. The topological polar surface area (TPSA) is 34.4 Å². The van der Waals surface area contributed by atoms with E-state index in [1.54, 1.807) is 30.5 Å². The Bertz CT molecular complexity index is 831. The van der Waals surface area contributed by atoms with E-state index < -0.39 is 0 Å². The van der Waals surface area contributed by atoms with E-state index in [0.29, 0.717) is 20.7 Å². The van der Waals surface area contributed by atoms with Crippen LogP contribution in [0.3, 0.4) is 0 Å². The molecule has 0 N–H and O–H groups in total. The molecule has 6 heteroatoms. The lowest BCUT2D eigenvalue weighted by Gasteiger charge is -2.04. The van der Waals surface area contributed by atoms with Crippen LogP contribution in [0.1, 0.15) is 0 Å². The number of nitrogens with zero attached hydrogens (tertiary/aromatic N) is 2. The van der Waals surface area contributed by atoms with E-state index in [-0.39, 0.29) is 5.56 Å². The summed E-state index contributed by atoms with van der Waals surface area (Å²) < 4.78 is 1.42. The third-order valence-electron chi connectivity index (χ3n) is 2.64. The van der Waals surface area contributed by atoms with E-state index in [1.807, 2.05) is 12.1 Å². The molecule has 100 valence electrons. The number of fused-ring (bicyclic) bond motifs is 1. The number of hydrogen-bond acceptors (Lipinski definition) is 3. The fraction of sp³-hybridized carbons (Fsp3) is 0. The van der Waals surface area contributed by atoms with Gasteiger partial charge in [0.25, 0.3) is 5.56 Å². The van der Waals surface area contributed by atoms with Gasteiger partial charge < -0.3 is 0 Å². The van der Waals surface area contributed by atoms with Crippen molar-refractivity contribution in [3.8, 4) is 0 Å². The molecule has 0 amide bonds. The largest absolute Gasteiger partial charge is 0.269 e. The van der Waals surface area contributed by atoms with Gasteiger partial charge in [-0.25, -0.2) is 4.98 Å². The maximum absolute atomic E-state index is 12.0. The first kappa shape index (κ1) is 13.5. The van der Waals surface area contributed by atoms with Crippen molar-refractivity contribution in [2.24, 2.45) is 0 Å². The highest BCUT2D eigenvalue weighted by molar-refractivity contribution is 7.99. The molecule has 0 saturated carbocycles. The summed E-state index contributed by atoms with van der Waals surface area (Å²) in [6, 6.07) is 12.3. The maximum atomic E-state index is 12.0. The van der Waals surface area contributed by atoms with E-state index in [9.17, 15) is 4.79 Å². The standard InChI is InChI=1S/C14H8Cl2N2OS/c15-9-1-4-11(5-2-9)20-13-7-14(19)18-8-10(16)3-6-12(18)17-13/h1-8H. The van der Waals surface area contributed by atoms with Crippen LogP contribution in [0.5, 0.6) is 0 Å². The lowest BCUT2D eigenvalue weighted by Crippen LogP contribution is -2.13.